The summed E-state index contributed by atoms with van der Waals surface area (Å²) in [5, 5.41) is 6.94. The lowest BCUT2D eigenvalue weighted by Crippen LogP contribution is -1.92. The Labute approximate surface area is 59.5 Å². The van der Waals surface area contributed by atoms with Crippen LogP contribution in [0.5, 0.6) is 0 Å². The molecule has 0 amide bonds. The Morgan fingerprint density at radius 3 is 2.78 bits per heavy atom. The maximum atomic E-state index is 9.96. The Balaban J connectivity index is 3.01. The van der Waals surface area contributed by atoms with Gasteiger partial charge in [0.2, 0.25) is 4.73 Å². The third kappa shape index (κ3) is 1.53. The average molecular weight is 188 g/mol. The van der Waals surface area contributed by atoms with E-state index in [1.807, 2.05) is 0 Å². The second-order valence-electron chi connectivity index (χ2n) is 1.27. The zero-order valence-corrected chi connectivity index (χ0v) is 5.87. The van der Waals surface area contributed by atoms with E-state index in [4.69, 9.17) is 0 Å². The van der Waals surface area contributed by atoms with Crippen LogP contribution in [0.3, 0.4) is 0 Å². The predicted molar refractivity (Wildman–Crippen MR) is 32.9 cm³/mol. The van der Waals surface area contributed by atoms with Crippen molar-refractivity contribution in [2.24, 2.45) is 0 Å². The van der Waals surface area contributed by atoms with Gasteiger partial charge in [0.15, 0.2) is 6.29 Å². The molecule has 0 aliphatic heterocycles. The first kappa shape index (κ1) is 6.28. The molecule has 9 heavy (non-hydrogen) atoms. The van der Waals surface area contributed by atoms with Crippen LogP contribution in [-0.4, -0.2) is 21.5 Å². The Morgan fingerprint density at radius 1 is 1.56 bits per heavy atom. The van der Waals surface area contributed by atoms with Gasteiger partial charge in [-0.2, -0.15) is 0 Å². The van der Waals surface area contributed by atoms with Crippen LogP contribution in [0, 0.1) is 0 Å². The third-order valence-electron chi connectivity index (χ3n) is 0.672. The van der Waals surface area contributed by atoms with E-state index in [1.165, 1.54) is 6.20 Å². The minimum Gasteiger partial charge on any atom is -0.296 e. The second kappa shape index (κ2) is 2.63. The third-order valence-corrected chi connectivity index (χ3v) is 1.04. The van der Waals surface area contributed by atoms with Gasteiger partial charge in [-0.1, -0.05) is 0 Å². The fraction of sp³-hybridized carbons (Fsp3) is 0. The van der Waals surface area contributed by atoms with E-state index in [9.17, 15) is 4.79 Å². The molecule has 0 atom stereocenters. The first-order valence-corrected chi connectivity index (χ1v) is 2.92. The van der Waals surface area contributed by atoms with Crippen LogP contribution < -0.4 is 0 Å². The highest BCUT2D eigenvalue weighted by Gasteiger charge is 1.91. The van der Waals surface area contributed by atoms with Crippen molar-refractivity contribution < 1.29 is 4.79 Å². The monoisotopic (exact) mass is 187 g/mol. The average Bonchev–Trinajstić information content (AvgIpc) is 1.90. The highest BCUT2D eigenvalue weighted by Crippen LogP contribution is 1.95. The standard InChI is InChI=1S/C4H2BrN3O/c5-4-6-1-3(2-9)7-8-4/h1-2H. The van der Waals surface area contributed by atoms with Gasteiger partial charge in [0, 0.05) is 0 Å². The van der Waals surface area contributed by atoms with Crippen molar-refractivity contribution in [1.82, 2.24) is 15.2 Å². The molecular weight excluding hydrogens is 186 g/mol. The minimum absolute atomic E-state index is 0.234. The minimum atomic E-state index is 0.234. The number of halogens is 1. The maximum Gasteiger partial charge on any atom is 0.217 e. The van der Waals surface area contributed by atoms with Gasteiger partial charge in [-0.25, -0.2) is 4.98 Å². The SMILES string of the molecule is O=Cc1cnc(Br)nn1. The Hall–Kier alpha value is -0.840. The van der Waals surface area contributed by atoms with Gasteiger partial charge in [-0.05, 0) is 15.9 Å². The van der Waals surface area contributed by atoms with E-state index >= 15 is 0 Å². The van der Waals surface area contributed by atoms with Crippen LogP contribution in [0.15, 0.2) is 10.9 Å². The smallest absolute Gasteiger partial charge is 0.217 e. The Morgan fingerprint density at radius 2 is 2.33 bits per heavy atom. The summed E-state index contributed by atoms with van der Waals surface area (Å²) in [6, 6.07) is 0. The number of aldehydes is 1. The molecule has 0 fully saturated rings. The predicted octanol–water partition coefficient (Wildman–Crippen LogP) is 0.447. The molecule has 0 bridgehead atoms. The van der Waals surface area contributed by atoms with Crippen molar-refractivity contribution in [1.29, 1.82) is 0 Å². The van der Waals surface area contributed by atoms with Crippen molar-refractivity contribution in [3.63, 3.8) is 0 Å². The van der Waals surface area contributed by atoms with Gasteiger partial charge in [-0.3, -0.25) is 4.79 Å². The number of hydrogen-bond donors (Lipinski definition) is 0. The summed E-state index contributed by atoms with van der Waals surface area (Å²) in [4.78, 5) is 13.6. The quantitative estimate of drug-likeness (QED) is 0.600. The van der Waals surface area contributed by atoms with E-state index in [-0.39, 0.29) is 5.69 Å². The molecule has 4 nitrogen and oxygen atoms in total. The molecular formula is C4H2BrN3O. The fourth-order valence-electron chi connectivity index (χ4n) is 0.324. The lowest BCUT2D eigenvalue weighted by molar-refractivity contribution is 0.111. The first-order valence-electron chi connectivity index (χ1n) is 2.13. The van der Waals surface area contributed by atoms with Crippen molar-refractivity contribution in [2.75, 3.05) is 0 Å². The van der Waals surface area contributed by atoms with Gasteiger partial charge in [0.25, 0.3) is 0 Å². The molecule has 1 heterocycles. The van der Waals surface area contributed by atoms with Crippen molar-refractivity contribution in [2.45, 2.75) is 0 Å². The summed E-state index contributed by atoms with van der Waals surface area (Å²) in [5.41, 5.74) is 0.234. The molecule has 0 saturated heterocycles. The summed E-state index contributed by atoms with van der Waals surface area (Å²) in [6.45, 7) is 0. The molecule has 0 aliphatic rings. The zero-order chi connectivity index (χ0) is 6.69. The molecule has 0 N–H and O–H groups in total. The number of hydrogen-bond acceptors (Lipinski definition) is 4. The normalized spacial score (nSPS) is 9.00. The van der Waals surface area contributed by atoms with Crippen LogP contribution in [-0.2, 0) is 0 Å². The van der Waals surface area contributed by atoms with E-state index in [1.54, 1.807) is 0 Å². The Bertz CT molecular complexity index is 210. The summed E-state index contributed by atoms with van der Waals surface area (Å²) < 4.78 is 0.383. The van der Waals surface area contributed by atoms with Gasteiger partial charge in [0.1, 0.15) is 5.69 Å². The highest BCUT2D eigenvalue weighted by atomic mass is 79.9. The molecule has 0 radical (unpaired) electrons. The van der Waals surface area contributed by atoms with E-state index in [0.717, 1.165) is 0 Å². The molecule has 1 aromatic rings. The molecule has 5 heteroatoms. The molecule has 0 aliphatic carbocycles. The van der Waals surface area contributed by atoms with E-state index < -0.39 is 0 Å². The molecule has 0 saturated carbocycles. The van der Waals surface area contributed by atoms with Crippen LogP contribution in [0.1, 0.15) is 10.5 Å². The van der Waals surface area contributed by atoms with Gasteiger partial charge in [-0.15, -0.1) is 10.2 Å². The van der Waals surface area contributed by atoms with Gasteiger partial charge < -0.3 is 0 Å². The van der Waals surface area contributed by atoms with Crippen molar-refractivity contribution >= 4 is 22.2 Å². The molecule has 46 valence electrons. The fourth-order valence-corrected chi connectivity index (χ4v) is 0.506. The number of rotatable bonds is 1. The molecule has 0 unspecified atom stereocenters. The van der Waals surface area contributed by atoms with Crippen LogP contribution in [0.2, 0.25) is 0 Å². The van der Waals surface area contributed by atoms with Gasteiger partial charge in [0.05, 0.1) is 6.20 Å². The summed E-state index contributed by atoms with van der Waals surface area (Å²) in [6.07, 6.45) is 1.93. The lowest BCUT2D eigenvalue weighted by atomic mass is 10.5. The summed E-state index contributed by atoms with van der Waals surface area (Å²) in [7, 11) is 0. The van der Waals surface area contributed by atoms with Crippen molar-refractivity contribution in [3.8, 4) is 0 Å². The number of aromatic nitrogens is 3. The number of carbonyl (C=O) groups is 1. The van der Waals surface area contributed by atoms with Gasteiger partial charge >= 0.3 is 0 Å². The largest absolute Gasteiger partial charge is 0.296 e. The number of carbonyl (C=O) groups excluding carboxylic acids is 1. The molecule has 0 aromatic carbocycles. The zero-order valence-electron chi connectivity index (χ0n) is 4.28. The Kier molecular flexibility index (Phi) is 1.84. The molecule has 1 rings (SSSR count). The summed E-state index contributed by atoms with van der Waals surface area (Å²) >= 11 is 2.97. The van der Waals surface area contributed by atoms with Crippen LogP contribution in [0.4, 0.5) is 0 Å². The highest BCUT2D eigenvalue weighted by molar-refractivity contribution is 9.10. The van der Waals surface area contributed by atoms with Crippen LogP contribution in [0.25, 0.3) is 0 Å². The second-order valence-corrected chi connectivity index (χ2v) is 1.98. The van der Waals surface area contributed by atoms with Crippen LogP contribution >= 0.6 is 15.9 Å². The first-order chi connectivity index (χ1) is 4.33. The molecule has 1 aromatic heterocycles. The van der Waals surface area contributed by atoms with E-state index in [0.29, 0.717) is 11.0 Å². The molecule has 0 spiro atoms. The lowest BCUT2D eigenvalue weighted by Gasteiger charge is -1.84. The maximum absolute atomic E-state index is 9.96. The topological polar surface area (TPSA) is 55.7 Å². The summed E-state index contributed by atoms with van der Waals surface area (Å²) in [5.74, 6) is 0. The van der Waals surface area contributed by atoms with Crippen molar-refractivity contribution in [3.05, 3.63) is 16.6 Å². The number of nitrogens with zero attached hydrogens (tertiary/aromatic N) is 3. The van der Waals surface area contributed by atoms with E-state index in [2.05, 4.69) is 31.1 Å².